The molecular weight excluding hydrogens is 236 g/mol. The van der Waals surface area contributed by atoms with Gasteiger partial charge in [0, 0.05) is 12.2 Å². The van der Waals surface area contributed by atoms with Crippen LogP contribution in [0.25, 0.3) is 0 Å². The van der Waals surface area contributed by atoms with Crippen molar-refractivity contribution in [3.05, 3.63) is 23.8 Å². The fraction of sp³-hybridized carbons (Fsp3) is 0.462. The first kappa shape index (κ1) is 14.5. The molecule has 0 bridgehead atoms. The fourth-order valence-electron chi connectivity index (χ4n) is 1.37. The monoisotopic (exact) mass is 254 g/mol. The largest absolute Gasteiger partial charge is 0.493 e. The van der Waals surface area contributed by atoms with E-state index < -0.39 is 6.10 Å². The molecule has 1 N–H and O–H groups in total. The number of aliphatic hydroxyl groups is 1. The van der Waals surface area contributed by atoms with Crippen LogP contribution in [0.4, 0.5) is 0 Å². The van der Waals surface area contributed by atoms with E-state index in [4.69, 9.17) is 14.2 Å². The number of benzene rings is 1. The molecule has 0 aromatic heterocycles. The molecule has 5 heteroatoms. The predicted molar refractivity (Wildman–Crippen MR) is 66.4 cm³/mol. The van der Waals surface area contributed by atoms with Crippen LogP contribution < -0.4 is 9.47 Å². The maximum absolute atomic E-state index is 10.7. The molecule has 0 fully saturated rings. The second-order valence-electron chi connectivity index (χ2n) is 3.65. The minimum absolute atomic E-state index is 0.0820. The zero-order valence-corrected chi connectivity index (χ0v) is 10.6. The number of methoxy groups -OCH3 is 1. The summed E-state index contributed by atoms with van der Waals surface area (Å²) in [5.74, 6) is 0.946. The lowest BCUT2D eigenvalue weighted by atomic mass is 10.2. The molecule has 5 nitrogen and oxygen atoms in total. The molecule has 0 heterocycles. The van der Waals surface area contributed by atoms with Crippen molar-refractivity contribution in [1.29, 1.82) is 0 Å². The van der Waals surface area contributed by atoms with Crippen LogP contribution in [-0.4, -0.2) is 44.4 Å². The molecule has 100 valence electrons. The summed E-state index contributed by atoms with van der Waals surface area (Å²) in [5, 5.41) is 9.57. The van der Waals surface area contributed by atoms with Crippen LogP contribution in [0.15, 0.2) is 18.2 Å². The smallest absolute Gasteiger partial charge is 0.162 e. The van der Waals surface area contributed by atoms with Gasteiger partial charge in [-0.3, -0.25) is 4.79 Å². The van der Waals surface area contributed by atoms with Crippen molar-refractivity contribution in [3.63, 3.8) is 0 Å². The van der Waals surface area contributed by atoms with Crippen molar-refractivity contribution in [2.24, 2.45) is 0 Å². The summed E-state index contributed by atoms with van der Waals surface area (Å²) in [6.45, 7) is 2.69. The van der Waals surface area contributed by atoms with Gasteiger partial charge in [0.15, 0.2) is 11.5 Å². The first-order valence-electron chi connectivity index (χ1n) is 5.73. The van der Waals surface area contributed by atoms with E-state index in [1.54, 1.807) is 18.2 Å². The van der Waals surface area contributed by atoms with Gasteiger partial charge in [-0.2, -0.15) is 0 Å². The summed E-state index contributed by atoms with van der Waals surface area (Å²) >= 11 is 0. The number of ether oxygens (including phenoxy) is 3. The second-order valence-corrected chi connectivity index (χ2v) is 3.65. The molecule has 1 aromatic rings. The normalized spacial score (nSPS) is 11.9. The van der Waals surface area contributed by atoms with Gasteiger partial charge in [-0.25, -0.2) is 0 Å². The van der Waals surface area contributed by atoms with Crippen LogP contribution in [0.5, 0.6) is 11.5 Å². The molecule has 18 heavy (non-hydrogen) atoms. The lowest BCUT2D eigenvalue weighted by molar-refractivity contribution is 0.0159. The van der Waals surface area contributed by atoms with Gasteiger partial charge in [-0.1, -0.05) is 0 Å². The number of carbonyl (C=O) groups excluding carboxylic acids is 1. The van der Waals surface area contributed by atoms with Gasteiger partial charge in [0.25, 0.3) is 0 Å². The number of hydrogen-bond acceptors (Lipinski definition) is 5. The molecule has 0 aliphatic carbocycles. The van der Waals surface area contributed by atoms with Gasteiger partial charge >= 0.3 is 0 Å². The van der Waals surface area contributed by atoms with Gasteiger partial charge < -0.3 is 19.3 Å². The third-order valence-electron chi connectivity index (χ3n) is 2.27. The van der Waals surface area contributed by atoms with Crippen LogP contribution in [0.3, 0.4) is 0 Å². The van der Waals surface area contributed by atoms with Gasteiger partial charge in [-0.05, 0) is 25.1 Å². The Balaban J connectivity index is 2.61. The molecule has 1 unspecified atom stereocenters. The maximum Gasteiger partial charge on any atom is 0.162 e. The summed E-state index contributed by atoms with van der Waals surface area (Å²) in [7, 11) is 1.51. The number of aliphatic hydroxyl groups excluding tert-OH is 1. The number of aldehydes is 1. The molecule has 0 saturated carbocycles. The molecule has 0 amide bonds. The molecule has 0 saturated heterocycles. The second kappa shape index (κ2) is 7.68. The Bertz CT molecular complexity index is 378. The quantitative estimate of drug-likeness (QED) is 0.708. The fourth-order valence-corrected chi connectivity index (χ4v) is 1.37. The Hall–Kier alpha value is -1.59. The van der Waals surface area contributed by atoms with Crippen molar-refractivity contribution in [3.8, 4) is 11.5 Å². The van der Waals surface area contributed by atoms with E-state index in [2.05, 4.69) is 0 Å². The zero-order chi connectivity index (χ0) is 13.4. The van der Waals surface area contributed by atoms with Crippen LogP contribution in [-0.2, 0) is 4.74 Å². The first-order valence-corrected chi connectivity index (χ1v) is 5.73. The highest BCUT2D eigenvalue weighted by Crippen LogP contribution is 2.27. The highest BCUT2D eigenvalue weighted by Gasteiger charge is 2.09. The molecule has 0 radical (unpaired) electrons. The predicted octanol–water partition coefficient (Wildman–Crippen LogP) is 1.28. The molecule has 1 aromatic carbocycles. The minimum atomic E-state index is -0.713. The van der Waals surface area contributed by atoms with E-state index in [9.17, 15) is 9.90 Å². The van der Waals surface area contributed by atoms with Gasteiger partial charge in [0.1, 0.15) is 19.0 Å². The molecule has 0 spiro atoms. The van der Waals surface area contributed by atoms with E-state index in [-0.39, 0.29) is 13.2 Å². The van der Waals surface area contributed by atoms with E-state index in [0.717, 1.165) is 6.29 Å². The summed E-state index contributed by atoms with van der Waals surface area (Å²) in [5.41, 5.74) is 0.491. The molecule has 1 rings (SSSR count). The highest BCUT2D eigenvalue weighted by atomic mass is 16.5. The van der Waals surface area contributed by atoms with Crippen LogP contribution in [0.1, 0.15) is 17.3 Å². The summed E-state index contributed by atoms with van der Waals surface area (Å²) in [6, 6.07) is 4.85. The Morgan fingerprint density at radius 1 is 1.33 bits per heavy atom. The zero-order valence-electron chi connectivity index (χ0n) is 10.6. The number of hydrogen-bond donors (Lipinski definition) is 1. The molecule has 0 aliphatic rings. The average molecular weight is 254 g/mol. The molecule has 0 aliphatic heterocycles. The molecular formula is C13H18O5. The summed E-state index contributed by atoms with van der Waals surface area (Å²) in [4.78, 5) is 10.7. The van der Waals surface area contributed by atoms with E-state index in [1.807, 2.05) is 6.92 Å². The van der Waals surface area contributed by atoms with Crippen molar-refractivity contribution in [2.45, 2.75) is 13.0 Å². The number of carbonyl (C=O) groups is 1. The first-order chi connectivity index (χ1) is 8.71. The van der Waals surface area contributed by atoms with Crippen molar-refractivity contribution in [2.75, 3.05) is 26.9 Å². The topological polar surface area (TPSA) is 65.0 Å². The lowest BCUT2D eigenvalue weighted by Crippen LogP contribution is -2.23. The van der Waals surface area contributed by atoms with Gasteiger partial charge in [-0.15, -0.1) is 0 Å². The highest BCUT2D eigenvalue weighted by molar-refractivity contribution is 5.76. The van der Waals surface area contributed by atoms with Gasteiger partial charge in [0.2, 0.25) is 0 Å². The van der Waals surface area contributed by atoms with Crippen LogP contribution in [0, 0.1) is 0 Å². The summed E-state index contributed by atoms with van der Waals surface area (Å²) in [6.07, 6.45) is 0.0117. The van der Waals surface area contributed by atoms with E-state index in [0.29, 0.717) is 23.7 Å². The van der Waals surface area contributed by atoms with Crippen molar-refractivity contribution in [1.82, 2.24) is 0 Å². The number of rotatable bonds is 8. The van der Waals surface area contributed by atoms with Crippen molar-refractivity contribution < 1.29 is 24.1 Å². The Kier molecular flexibility index (Phi) is 6.18. The standard InChI is InChI=1S/C13H18O5/c1-3-17-8-11(15)9-18-13-6-10(7-14)4-5-12(13)16-2/h4-7,11,15H,3,8-9H2,1-2H3. The third kappa shape index (κ3) is 4.35. The maximum atomic E-state index is 10.7. The Labute approximate surface area is 106 Å². The van der Waals surface area contributed by atoms with Crippen LogP contribution in [0.2, 0.25) is 0 Å². The van der Waals surface area contributed by atoms with E-state index in [1.165, 1.54) is 7.11 Å². The van der Waals surface area contributed by atoms with Gasteiger partial charge in [0.05, 0.1) is 13.7 Å². The van der Waals surface area contributed by atoms with Crippen molar-refractivity contribution >= 4 is 6.29 Å². The van der Waals surface area contributed by atoms with E-state index >= 15 is 0 Å². The summed E-state index contributed by atoms with van der Waals surface area (Å²) < 4.78 is 15.6. The molecule has 1 atom stereocenters. The Morgan fingerprint density at radius 2 is 2.11 bits per heavy atom. The average Bonchev–Trinajstić information content (AvgIpc) is 2.42. The lowest BCUT2D eigenvalue weighted by Gasteiger charge is -2.14. The van der Waals surface area contributed by atoms with Crippen LogP contribution >= 0.6 is 0 Å². The third-order valence-corrected chi connectivity index (χ3v) is 2.27. The minimum Gasteiger partial charge on any atom is -0.493 e. The SMILES string of the molecule is CCOCC(O)COc1cc(C=O)ccc1OC. The Morgan fingerprint density at radius 3 is 2.72 bits per heavy atom.